The van der Waals surface area contributed by atoms with Gasteiger partial charge in [0, 0.05) is 26.9 Å². The zero-order valence-corrected chi connectivity index (χ0v) is 9.96. The monoisotopic (exact) mass is 236 g/mol. The van der Waals surface area contributed by atoms with Crippen LogP contribution in [-0.2, 0) is 4.74 Å². The number of aliphatic hydroxyl groups excluding tert-OH is 1. The number of likely N-dealkylation sites (N-methyl/N-ethyl adjacent to an activating group) is 1. The van der Waals surface area contributed by atoms with Gasteiger partial charge < -0.3 is 19.2 Å². The first-order valence-electron chi connectivity index (χ1n) is 5.42. The van der Waals surface area contributed by atoms with E-state index in [1.807, 2.05) is 24.1 Å². The van der Waals surface area contributed by atoms with Crippen molar-refractivity contribution in [2.24, 2.45) is 0 Å². The zero-order chi connectivity index (χ0) is 12.3. The second-order valence-electron chi connectivity index (χ2n) is 3.96. The van der Waals surface area contributed by atoms with Crippen LogP contribution in [0.1, 0.15) is 0 Å². The first kappa shape index (κ1) is 11.9. The van der Waals surface area contributed by atoms with E-state index in [-0.39, 0.29) is 0 Å². The predicted molar refractivity (Wildman–Crippen MR) is 65.2 cm³/mol. The molecule has 0 aliphatic carbocycles. The summed E-state index contributed by atoms with van der Waals surface area (Å²) in [6, 6.07) is 3.69. The average Bonchev–Trinajstić information content (AvgIpc) is 2.76. The van der Waals surface area contributed by atoms with Crippen LogP contribution in [0.5, 0.6) is 0 Å². The van der Waals surface area contributed by atoms with Crippen molar-refractivity contribution in [2.45, 2.75) is 6.10 Å². The Hall–Kier alpha value is -1.59. The summed E-state index contributed by atoms with van der Waals surface area (Å²) < 4.78 is 10.2. The number of aliphatic hydroxyl groups is 1. The maximum Gasteiger partial charge on any atom is 0.139 e. The van der Waals surface area contributed by atoms with E-state index in [1.54, 1.807) is 19.6 Å². The minimum absolute atomic E-state index is 0.311. The van der Waals surface area contributed by atoms with E-state index in [9.17, 15) is 5.11 Å². The smallest absolute Gasteiger partial charge is 0.139 e. The summed E-state index contributed by atoms with van der Waals surface area (Å²) in [4.78, 5) is 6.20. The maximum atomic E-state index is 9.69. The van der Waals surface area contributed by atoms with Crippen molar-refractivity contribution in [3.8, 4) is 0 Å². The summed E-state index contributed by atoms with van der Waals surface area (Å²) in [7, 11) is 3.45. The summed E-state index contributed by atoms with van der Waals surface area (Å²) in [5.41, 5.74) is 0.795. The number of hydrogen-bond acceptors (Lipinski definition) is 5. The summed E-state index contributed by atoms with van der Waals surface area (Å²) in [6.45, 7) is 0.775. The number of anilines is 1. The van der Waals surface area contributed by atoms with Gasteiger partial charge in [0.05, 0.1) is 24.4 Å². The summed E-state index contributed by atoms with van der Waals surface area (Å²) in [6.07, 6.45) is 2.80. The number of aromatic nitrogens is 1. The number of ether oxygens (including phenoxy) is 1. The van der Waals surface area contributed by atoms with Crippen LogP contribution >= 0.6 is 0 Å². The Balaban J connectivity index is 2.18. The molecule has 0 spiro atoms. The molecule has 17 heavy (non-hydrogen) atoms. The van der Waals surface area contributed by atoms with E-state index >= 15 is 0 Å². The summed E-state index contributed by atoms with van der Waals surface area (Å²) in [5.74, 6) is 0.798. The lowest BCUT2D eigenvalue weighted by Gasteiger charge is -2.21. The normalized spacial score (nSPS) is 12.9. The standard InChI is InChI=1S/C12H16N2O3/c1-14(7-9(15)8-16-2)12-10-4-6-17-11(10)3-5-13-12/h3-6,9,15H,7-8H2,1-2H3. The lowest BCUT2D eigenvalue weighted by molar-refractivity contribution is 0.0694. The number of rotatable bonds is 5. The molecule has 0 saturated carbocycles. The van der Waals surface area contributed by atoms with E-state index in [0.717, 1.165) is 16.8 Å². The highest BCUT2D eigenvalue weighted by Gasteiger charge is 2.13. The molecule has 5 heteroatoms. The molecule has 2 rings (SSSR count). The fourth-order valence-electron chi connectivity index (χ4n) is 1.83. The van der Waals surface area contributed by atoms with E-state index < -0.39 is 6.10 Å². The van der Waals surface area contributed by atoms with Gasteiger partial charge in [-0.3, -0.25) is 0 Å². The molecule has 1 unspecified atom stereocenters. The minimum atomic E-state index is -0.533. The molecule has 2 aromatic rings. The zero-order valence-electron chi connectivity index (χ0n) is 9.96. The van der Waals surface area contributed by atoms with Crippen LogP contribution in [0, 0.1) is 0 Å². The van der Waals surface area contributed by atoms with E-state index in [2.05, 4.69) is 4.98 Å². The lowest BCUT2D eigenvalue weighted by Crippen LogP contribution is -2.32. The van der Waals surface area contributed by atoms with Gasteiger partial charge in [0.15, 0.2) is 0 Å². The van der Waals surface area contributed by atoms with Crippen LogP contribution in [0.2, 0.25) is 0 Å². The van der Waals surface area contributed by atoms with Crippen LogP contribution in [0.25, 0.3) is 11.0 Å². The fourth-order valence-corrected chi connectivity index (χ4v) is 1.83. The van der Waals surface area contributed by atoms with Gasteiger partial charge in [-0.05, 0) is 12.1 Å². The fraction of sp³-hybridized carbons (Fsp3) is 0.417. The molecule has 0 fully saturated rings. The molecule has 1 atom stereocenters. The maximum absolute atomic E-state index is 9.69. The first-order valence-corrected chi connectivity index (χ1v) is 5.42. The Bertz CT molecular complexity index is 483. The highest BCUT2D eigenvalue weighted by molar-refractivity contribution is 5.88. The number of methoxy groups -OCH3 is 1. The molecule has 5 nitrogen and oxygen atoms in total. The van der Waals surface area contributed by atoms with Crippen molar-refractivity contribution in [1.82, 2.24) is 4.98 Å². The summed E-state index contributed by atoms with van der Waals surface area (Å²) >= 11 is 0. The van der Waals surface area contributed by atoms with Crippen molar-refractivity contribution < 1.29 is 14.3 Å². The molecular formula is C12H16N2O3. The lowest BCUT2D eigenvalue weighted by atomic mass is 10.3. The van der Waals surface area contributed by atoms with Crippen LogP contribution in [0.4, 0.5) is 5.82 Å². The molecule has 0 bridgehead atoms. The predicted octanol–water partition coefficient (Wildman–Crippen LogP) is 1.27. The van der Waals surface area contributed by atoms with Gasteiger partial charge in [0.2, 0.25) is 0 Å². The third-order valence-corrected chi connectivity index (χ3v) is 2.56. The van der Waals surface area contributed by atoms with Crippen LogP contribution in [0.3, 0.4) is 0 Å². The van der Waals surface area contributed by atoms with E-state index in [1.165, 1.54) is 0 Å². The molecule has 0 aliphatic rings. The van der Waals surface area contributed by atoms with Crippen LogP contribution < -0.4 is 4.90 Å². The van der Waals surface area contributed by atoms with Gasteiger partial charge in [-0.25, -0.2) is 4.98 Å². The van der Waals surface area contributed by atoms with Gasteiger partial charge in [-0.1, -0.05) is 0 Å². The van der Waals surface area contributed by atoms with E-state index in [4.69, 9.17) is 9.15 Å². The van der Waals surface area contributed by atoms with Gasteiger partial charge in [0.25, 0.3) is 0 Å². The molecule has 1 N–H and O–H groups in total. The van der Waals surface area contributed by atoms with Crippen molar-refractivity contribution in [2.75, 3.05) is 32.2 Å². The topological polar surface area (TPSA) is 58.7 Å². The Morgan fingerprint density at radius 2 is 2.35 bits per heavy atom. The highest BCUT2D eigenvalue weighted by atomic mass is 16.5. The Labute approximate surface area is 99.6 Å². The number of fused-ring (bicyclic) bond motifs is 1. The molecule has 2 aromatic heterocycles. The molecule has 2 heterocycles. The van der Waals surface area contributed by atoms with Gasteiger partial charge in [0.1, 0.15) is 11.4 Å². The Kier molecular flexibility index (Phi) is 3.61. The molecule has 0 saturated heterocycles. The molecule has 0 amide bonds. The minimum Gasteiger partial charge on any atom is -0.464 e. The number of pyridine rings is 1. The third-order valence-electron chi connectivity index (χ3n) is 2.56. The van der Waals surface area contributed by atoms with Crippen molar-refractivity contribution in [1.29, 1.82) is 0 Å². The number of hydrogen-bond donors (Lipinski definition) is 1. The average molecular weight is 236 g/mol. The van der Waals surface area contributed by atoms with Crippen LogP contribution in [-0.4, -0.2) is 43.5 Å². The van der Waals surface area contributed by atoms with Crippen molar-refractivity contribution in [3.63, 3.8) is 0 Å². The van der Waals surface area contributed by atoms with Gasteiger partial charge in [-0.15, -0.1) is 0 Å². The highest BCUT2D eigenvalue weighted by Crippen LogP contribution is 2.24. The Morgan fingerprint density at radius 1 is 1.53 bits per heavy atom. The number of furan rings is 1. The Morgan fingerprint density at radius 3 is 3.12 bits per heavy atom. The van der Waals surface area contributed by atoms with Crippen LogP contribution in [0.15, 0.2) is 29.0 Å². The molecule has 0 aromatic carbocycles. The largest absolute Gasteiger partial charge is 0.464 e. The first-order chi connectivity index (χ1) is 8.22. The molecule has 92 valence electrons. The summed E-state index contributed by atoms with van der Waals surface area (Å²) in [5, 5.41) is 10.6. The molecular weight excluding hydrogens is 220 g/mol. The second kappa shape index (κ2) is 5.16. The van der Waals surface area contributed by atoms with Crippen molar-refractivity contribution >= 4 is 16.8 Å². The van der Waals surface area contributed by atoms with Gasteiger partial charge in [-0.2, -0.15) is 0 Å². The number of nitrogens with zero attached hydrogens (tertiary/aromatic N) is 2. The van der Waals surface area contributed by atoms with Gasteiger partial charge >= 0.3 is 0 Å². The van der Waals surface area contributed by atoms with E-state index in [0.29, 0.717) is 13.2 Å². The second-order valence-corrected chi connectivity index (χ2v) is 3.96. The molecule has 0 aliphatic heterocycles. The quantitative estimate of drug-likeness (QED) is 0.847. The third kappa shape index (κ3) is 2.57. The SMILES string of the molecule is COCC(O)CN(C)c1nccc2occc12. The molecule has 0 radical (unpaired) electrons. The van der Waals surface area contributed by atoms with Crippen molar-refractivity contribution in [3.05, 3.63) is 24.6 Å².